The largest absolute Gasteiger partial charge is 0.297 e. The molecule has 0 N–H and O–H groups in total. The fourth-order valence-corrected chi connectivity index (χ4v) is 2.98. The molecule has 108 valence electrons. The molecule has 0 spiro atoms. The van der Waals surface area contributed by atoms with E-state index in [9.17, 15) is 9.18 Å². The summed E-state index contributed by atoms with van der Waals surface area (Å²) >= 11 is 5.83. The number of halogens is 2. The number of anilines is 1. The number of nitrogens with zero attached hydrogens (tertiary/aromatic N) is 2. The minimum atomic E-state index is -0.563. The third-order valence-electron chi connectivity index (χ3n) is 3.83. The van der Waals surface area contributed by atoms with E-state index in [1.807, 2.05) is 19.9 Å². The van der Waals surface area contributed by atoms with Crippen molar-refractivity contribution in [3.63, 3.8) is 0 Å². The van der Waals surface area contributed by atoms with E-state index in [1.54, 1.807) is 23.4 Å². The van der Waals surface area contributed by atoms with Crippen LogP contribution in [0.5, 0.6) is 0 Å². The average molecular weight is 305 g/mol. The van der Waals surface area contributed by atoms with Gasteiger partial charge < -0.3 is 0 Å². The van der Waals surface area contributed by atoms with Crippen molar-refractivity contribution in [3.05, 3.63) is 59.2 Å². The molecule has 3 rings (SSSR count). The maximum Gasteiger partial charge on any atom is 0.259 e. The van der Waals surface area contributed by atoms with Crippen LogP contribution < -0.4 is 4.90 Å². The molecule has 0 bridgehead atoms. The number of pyridine rings is 1. The molecule has 2 aromatic rings. The van der Waals surface area contributed by atoms with Crippen molar-refractivity contribution in [3.8, 4) is 0 Å². The van der Waals surface area contributed by atoms with Gasteiger partial charge in [0.25, 0.3) is 5.91 Å². The van der Waals surface area contributed by atoms with Crippen molar-refractivity contribution in [2.24, 2.45) is 0 Å². The zero-order chi connectivity index (χ0) is 15.2. The summed E-state index contributed by atoms with van der Waals surface area (Å²) in [5.74, 6) is -0.305. The zero-order valence-electron chi connectivity index (χ0n) is 11.7. The second-order valence-corrected chi connectivity index (χ2v) is 5.84. The SMILES string of the molecule is CC1(C)c2ccc(F)cc2C(=O)N1c1cncc(CCl)c1. The summed E-state index contributed by atoms with van der Waals surface area (Å²) in [6.07, 6.45) is 3.29. The molecule has 1 aromatic heterocycles. The number of amides is 1. The minimum absolute atomic E-state index is 0.219. The Morgan fingerprint density at radius 2 is 2.05 bits per heavy atom. The molecule has 0 atom stereocenters. The molecule has 0 saturated heterocycles. The molecule has 5 heteroatoms. The number of carbonyl (C=O) groups excluding carboxylic acids is 1. The van der Waals surface area contributed by atoms with Crippen molar-refractivity contribution >= 4 is 23.2 Å². The highest BCUT2D eigenvalue weighted by Crippen LogP contribution is 2.41. The molecule has 1 aliphatic heterocycles. The molecule has 1 amide bonds. The van der Waals surface area contributed by atoms with E-state index in [4.69, 9.17) is 11.6 Å². The molecule has 1 aliphatic rings. The van der Waals surface area contributed by atoms with Crippen molar-refractivity contribution in [2.75, 3.05) is 4.90 Å². The van der Waals surface area contributed by atoms with E-state index in [2.05, 4.69) is 4.98 Å². The van der Waals surface area contributed by atoms with Gasteiger partial charge in [0.05, 0.1) is 17.4 Å². The van der Waals surface area contributed by atoms with Gasteiger partial charge in [-0.3, -0.25) is 14.7 Å². The molecule has 0 aliphatic carbocycles. The van der Waals surface area contributed by atoms with E-state index in [0.29, 0.717) is 17.1 Å². The highest BCUT2D eigenvalue weighted by Gasteiger charge is 2.44. The van der Waals surface area contributed by atoms with E-state index in [0.717, 1.165) is 11.1 Å². The highest BCUT2D eigenvalue weighted by molar-refractivity contribution is 6.17. The first-order valence-electron chi connectivity index (χ1n) is 6.59. The Labute approximate surface area is 127 Å². The third kappa shape index (κ3) is 2.10. The van der Waals surface area contributed by atoms with Crippen LogP contribution in [0, 0.1) is 5.82 Å². The predicted molar refractivity (Wildman–Crippen MR) is 80.0 cm³/mol. The molecule has 0 radical (unpaired) electrons. The van der Waals surface area contributed by atoms with Gasteiger partial charge in [0, 0.05) is 17.6 Å². The summed E-state index contributed by atoms with van der Waals surface area (Å²) in [4.78, 5) is 18.4. The third-order valence-corrected chi connectivity index (χ3v) is 4.13. The number of rotatable bonds is 2. The van der Waals surface area contributed by atoms with Crippen LogP contribution in [-0.4, -0.2) is 10.9 Å². The summed E-state index contributed by atoms with van der Waals surface area (Å²) in [7, 11) is 0. The monoisotopic (exact) mass is 304 g/mol. The number of hydrogen-bond donors (Lipinski definition) is 0. The van der Waals surface area contributed by atoms with Gasteiger partial charge in [0.1, 0.15) is 5.82 Å². The molecule has 1 aromatic carbocycles. The molecule has 21 heavy (non-hydrogen) atoms. The number of carbonyl (C=O) groups is 1. The van der Waals surface area contributed by atoms with Crippen LogP contribution in [0.25, 0.3) is 0 Å². The molecular formula is C16H14ClFN2O. The number of hydrogen-bond acceptors (Lipinski definition) is 2. The van der Waals surface area contributed by atoms with Gasteiger partial charge in [-0.25, -0.2) is 4.39 Å². The maximum atomic E-state index is 13.4. The smallest absolute Gasteiger partial charge is 0.259 e. The lowest BCUT2D eigenvalue weighted by Gasteiger charge is -2.32. The fraction of sp³-hybridized carbons (Fsp3) is 0.250. The second-order valence-electron chi connectivity index (χ2n) is 5.57. The molecule has 0 saturated carbocycles. The molecule has 0 unspecified atom stereocenters. The van der Waals surface area contributed by atoms with Crippen LogP contribution in [-0.2, 0) is 11.4 Å². The molecule has 0 fully saturated rings. The first-order valence-corrected chi connectivity index (χ1v) is 7.13. The van der Waals surface area contributed by atoms with Gasteiger partial charge in [-0.05, 0) is 43.2 Å². The second kappa shape index (κ2) is 4.81. The number of alkyl halides is 1. The Kier molecular flexibility index (Phi) is 3.21. The van der Waals surface area contributed by atoms with Crippen molar-refractivity contribution < 1.29 is 9.18 Å². The van der Waals surface area contributed by atoms with Crippen LogP contribution in [0.1, 0.15) is 35.3 Å². The van der Waals surface area contributed by atoms with Crippen LogP contribution >= 0.6 is 11.6 Å². The van der Waals surface area contributed by atoms with E-state index in [-0.39, 0.29) is 5.91 Å². The Hall–Kier alpha value is -1.94. The number of fused-ring (bicyclic) bond motifs is 1. The summed E-state index contributed by atoms with van der Waals surface area (Å²) in [5, 5.41) is 0. The van der Waals surface area contributed by atoms with Crippen LogP contribution in [0.15, 0.2) is 36.7 Å². The van der Waals surface area contributed by atoms with Gasteiger partial charge in [-0.1, -0.05) is 6.07 Å². The first kappa shape index (κ1) is 14.0. The van der Waals surface area contributed by atoms with Gasteiger partial charge in [-0.2, -0.15) is 0 Å². The van der Waals surface area contributed by atoms with Crippen molar-refractivity contribution in [1.82, 2.24) is 4.98 Å². The topological polar surface area (TPSA) is 33.2 Å². The molecule has 3 nitrogen and oxygen atoms in total. The molecular weight excluding hydrogens is 291 g/mol. The first-order chi connectivity index (χ1) is 9.95. The predicted octanol–water partition coefficient (Wildman–Crippen LogP) is 3.86. The normalized spacial score (nSPS) is 16.2. The maximum absolute atomic E-state index is 13.4. The summed E-state index contributed by atoms with van der Waals surface area (Å²) in [6, 6.07) is 6.17. The Morgan fingerprint density at radius 1 is 1.29 bits per heavy atom. The standard InChI is InChI=1S/C16H14ClFN2O/c1-16(2)14-4-3-11(18)6-13(14)15(21)20(16)12-5-10(7-17)8-19-9-12/h3-6,8-9H,7H2,1-2H3. The Balaban J connectivity index is 2.14. The lowest BCUT2D eigenvalue weighted by molar-refractivity contribution is 0.0982. The number of benzene rings is 1. The van der Waals surface area contributed by atoms with Gasteiger partial charge in [-0.15, -0.1) is 11.6 Å². The minimum Gasteiger partial charge on any atom is -0.297 e. The highest BCUT2D eigenvalue weighted by atomic mass is 35.5. The Bertz CT molecular complexity index is 730. The quantitative estimate of drug-likeness (QED) is 0.789. The summed E-state index contributed by atoms with van der Waals surface area (Å²) < 4.78 is 13.4. The fourth-order valence-electron chi connectivity index (χ4n) is 2.83. The van der Waals surface area contributed by atoms with Gasteiger partial charge in [0.2, 0.25) is 0 Å². The van der Waals surface area contributed by atoms with Crippen molar-refractivity contribution in [1.29, 1.82) is 0 Å². The Morgan fingerprint density at radius 3 is 2.76 bits per heavy atom. The van der Waals surface area contributed by atoms with Crippen LogP contribution in [0.4, 0.5) is 10.1 Å². The zero-order valence-corrected chi connectivity index (χ0v) is 12.5. The summed E-state index contributed by atoms with van der Waals surface area (Å²) in [6.45, 7) is 3.87. The van der Waals surface area contributed by atoms with Crippen LogP contribution in [0.3, 0.4) is 0 Å². The van der Waals surface area contributed by atoms with Crippen LogP contribution in [0.2, 0.25) is 0 Å². The summed E-state index contributed by atoms with van der Waals surface area (Å²) in [5.41, 5.74) is 2.15. The van der Waals surface area contributed by atoms with E-state index in [1.165, 1.54) is 12.1 Å². The van der Waals surface area contributed by atoms with Crippen molar-refractivity contribution in [2.45, 2.75) is 25.3 Å². The van der Waals surface area contributed by atoms with Gasteiger partial charge >= 0.3 is 0 Å². The lowest BCUT2D eigenvalue weighted by atomic mass is 9.93. The van der Waals surface area contributed by atoms with E-state index < -0.39 is 11.4 Å². The lowest BCUT2D eigenvalue weighted by Crippen LogP contribution is -2.39. The molecule has 2 heterocycles. The number of aromatic nitrogens is 1. The average Bonchev–Trinajstić information content (AvgIpc) is 2.65. The van der Waals surface area contributed by atoms with Gasteiger partial charge in [0.15, 0.2) is 0 Å². The van der Waals surface area contributed by atoms with E-state index >= 15 is 0 Å².